The molecule has 1 atom stereocenters. The third-order valence-corrected chi connectivity index (χ3v) is 3.22. The molecule has 0 aliphatic rings. The van der Waals surface area contributed by atoms with Gasteiger partial charge in [-0.2, -0.15) is 0 Å². The van der Waals surface area contributed by atoms with Gasteiger partial charge in [0, 0.05) is 26.3 Å². The normalized spacial score (nSPS) is 12.0. The fourth-order valence-corrected chi connectivity index (χ4v) is 1.89. The molecule has 100 valence electrons. The van der Waals surface area contributed by atoms with Gasteiger partial charge in [0.2, 0.25) is 5.91 Å². The number of carbonyl (C=O) groups is 1. The Morgan fingerprint density at radius 2 is 2.06 bits per heavy atom. The van der Waals surface area contributed by atoms with Crippen LogP contribution in [-0.4, -0.2) is 42.0 Å². The van der Waals surface area contributed by atoms with Crippen LogP contribution in [0.1, 0.15) is 20.8 Å². The SMILES string of the molecule is CCN(CC)C(=O)C(C)N(C)c1ccncc1N. The summed E-state index contributed by atoms with van der Waals surface area (Å²) in [6.07, 6.45) is 3.28. The molecule has 1 rings (SSSR count). The zero-order valence-electron chi connectivity index (χ0n) is 11.6. The predicted molar refractivity (Wildman–Crippen MR) is 74.4 cm³/mol. The largest absolute Gasteiger partial charge is 0.396 e. The van der Waals surface area contributed by atoms with Crippen molar-refractivity contribution < 1.29 is 4.79 Å². The first kappa shape index (κ1) is 14.3. The first-order valence-electron chi connectivity index (χ1n) is 6.24. The number of pyridine rings is 1. The Morgan fingerprint density at radius 3 is 2.56 bits per heavy atom. The van der Waals surface area contributed by atoms with Crippen molar-refractivity contribution in [3.05, 3.63) is 18.5 Å². The number of aromatic nitrogens is 1. The highest BCUT2D eigenvalue weighted by Gasteiger charge is 2.23. The molecule has 1 unspecified atom stereocenters. The van der Waals surface area contributed by atoms with E-state index in [0.29, 0.717) is 5.69 Å². The van der Waals surface area contributed by atoms with Crippen LogP contribution in [0.5, 0.6) is 0 Å². The summed E-state index contributed by atoms with van der Waals surface area (Å²) in [5, 5.41) is 0. The molecule has 1 aromatic heterocycles. The summed E-state index contributed by atoms with van der Waals surface area (Å²) in [5.41, 5.74) is 7.29. The highest BCUT2D eigenvalue weighted by Crippen LogP contribution is 2.22. The molecule has 0 aliphatic carbocycles. The molecular formula is C13H22N4O. The lowest BCUT2D eigenvalue weighted by Crippen LogP contribution is -2.45. The van der Waals surface area contributed by atoms with E-state index in [4.69, 9.17) is 5.73 Å². The maximum Gasteiger partial charge on any atom is 0.244 e. The van der Waals surface area contributed by atoms with E-state index in [1.807, 2.05) is 43.7 Å². The van der Waals surface area contributed by atoms with Crippen LogP contribution in [0.3, 0.4) is 0 Å². The van der Waals surface area contributed by atoms with Crippen molar-refractivity contribution in [2.45, 2.75) is 26.8 Å². The molecule has 0 aliphatic heterocycles. The highest BCUT2D eigenvalue weighted by molar-refractivity contribution is 5.86. The Labute approximate surface area is 109 Å². The topological polar surface area (TPSA) is 62.5 Å². The number of anilines is 2. The van der Waals surface area contributed by atoms with Crippen molar-refractivity contribution in [1.82, 2.24) is 9.88 Å². The third kappa shape index (κ3) is 2.91. The molecule has 1 amide bonds. The van der Waals surface area contributed by atoms with E-state index >= 15 is 0 Å². The van der Waals surface area contributed by atoms with Gasteiger partial charge in [0.05, 0.1) is 17.6 Å². The summed E-state index contributed by atoms with van der Waals surface area (Å²) < 4.78 is 0. The van der Waals surface area contributed by atoms with Crippen LogP contribution in [0.2, 0.25) is 0 Å². The van der Waals surface area contributed by atoms with E-state index in [0.717, 1.165) is 18.8 Å². The molecule has 5 nitrogen and oxygen atoms in total. The van der Waals surface area contributed by atoms with Gasteiger partial charge in [-0.05, 0) is 26.8 Å². The zero-order chi connectivity index (χ0) is 13.7. The fraction of sp³-hybridized carbons (Fsp3) is 0.538. The van der Waals surface area contributed by atoms with Crippen molar-refractivity contribution >= 4 is 17.3 Å². The second-order valence-corrected chi connectivity index (χ2v) is 4.23. The highest BCUT2D eigenvalue weighted by atomic mass is 16.2. The van der Waals surface area contributed by atoms with Crippen molar-refractivity contribution in [3.8, 4) is 0 Å². The van der Waals surface area contributed by atoms with Gasteiger partial charge in [-0.3, -0.25) is 9.78 Å². The number of likely N-dealkylation sites (N-methyl/N-ethyl adjacent to an activating group) is 2. The maximum absolute atomic E-state index is 12.3. The Kier molecular flexibility index (Phi) is 4.95. The molecule has 1 aromatic rings. The average Bonchev–Trinajstić information content (AvgIpc) is 2.39. The molecule has 18 heavy (non-hydrogen) atoms. The van der Waals surface area contributed by atoms with Gasteiger partial charge >= 0.3 is 0 Å². The van der Waals surface area contributed by atoms with E-state index in [9.17, 15) is 4.79 Å². The van der Waals surface area contributed by atoms with Gasteiger partial charge in [0.15, 0.2) is 0 Å². The van der Waals surface area contributed by atoms with Crippen LogP contribution in [0.4, 0.5) is 11.4 Å². The van der Waals surface area contributed by atoms with Crippen LogP contribution < -0.4 is 10.6 Å². The number of carbonyl (C=O) groups excluding carboxylic acids is 1. The van der Waals surface area contributed by atoms with E-state index in [1.54, 1.807) is 12.4 Å². The average molecular weight is 250 g/mol. The lowest BCUT2D eigenvalue weighted by atomic mass is 10.2. The minimum Gasteiger partial charge on any atom is -0.396 e. The fourth-order valence-electron chi connectivity index (χ4n) is 1.89. The van der Waals surface area contributed by atoms with Crippen LogP contribution >= 0.6 is 0 Å². The van der Waals surface area contributed by atoms with Crippen molar-refractivity contribution in [3.63, 3.8) is 0 Å². The lowest BCUT2D eigenvalue weighted by Gasteiger charge is -2.31. The van der Waals surface area contributed by atoms with Gasteiger partial charge in [-0.25, -0.2) is 0 Å². The summed E-state index contributed by atoms with van der Waals surface area (Å²) in [6, 6.07) is 1.58. The quantitative estimate of drug-likeness (QED) is 0.857. The second kappa shape index (κ2) is 6.23. The second-order valence-electron chi connectivity index (χ2n) is 4.23. The summed E-state index contributed by atoms with van der Waals surface area (Å²) >= 11 is 0. The zero-order valence-corrected chi connectivity index (χ0v) is 11.6. The van der Waals surface area contributed by atoms with Crippen LogP contribution in [-0.2, 0) is 4.79 Å². The molecular weight excluding hydrogens is 228 g/mol. The molecule has 1 heterocycles. The molecule has 0 saturated carbocycles. The molecule has 0 fully saturated rings. The summed E-state index contributed by atoms with van der Waals surface area (Å²) in [4.78, 5) is 19.9. The molecule has 0 saturated heterocycles. The lowest BCUT2D eigenvalue weighted by molar-refractivity contribution is -0.131. The van der Waals surface area contributed by atoms with Gasteiger partial charge in [-0.1, -0.05) is 0 Å². The van der Waals surface area contributed by atoms with Gasteiger partial charge in [0.25, 0.3) is 0 Å². The first-order chi connectivity index (χ1) is 8.52. The number of rotatable bonds is 5. The minimum atomic E-state index is -0.241. The number of hydrogen-bond acceptors (Lipinski definition) is 4. The van der Waals surface area contributed by atoms with Crippen LogP contribution in [0.15, 0.2) is 18.5 Å². The van der Waals surface area contributed by atoms with E-state index in [-0.39, 0.29) is 11.9 Å². The first-order valence-corrected chi connectivity index (χ1v) is 6.24. The van der Waals surface area contributed by atoms with Gasteiger partial charge in [-0.15, -0.1) is 0 Å². The molecule has 5 heteroatoms. The number of nitrogens with two attached hydrogens (primary N) is 1. The molecule has 2 N–H and O–H groups in total. The predicted octanol–water partition coefficient (Wildman–Crippen LogP) is 1.36. The van der Waals surface area contributed by atoms with Crippen molar-refractivity contribution in [1.29, 1.82) is 0 Å². The monoisotopic (exact) mass is 250 g/mol. The van der Waals surface area contributed by atoms with Crippen LogP contribution in [0.25, 0.3) is 0 Å². The summed E-state index contributed by atoms with van der Waals surface area (Å²) in [5.74, 6) is 0.110. The molecule has 0 bridgehead atoms. The summed E-state index contributed by atoms with van der Waals surface area (Å²) in [6.45, 7) is 7.29. The maximum atomic E-state index is 12.3. The number of nitrogens with zero attached hydrogens (tertiary/aromatic N) is 3. The van der Waals surface area contributed by atoms with Gasteiger partial charge in [0.1, 0.15) is 6.04 Å². The van der Waals surface area contributed by atoms with E-state index in [2.05, 4.69) is 4.98 Å². The number of hydrogen-bond donors (Lipinski definition) is 1. The van der Waals surface area contributed by atoms with Gasteiger partial charge < -0.3 is 15.5 Å². The Balaban J connectivity index is 2.87. The van der Waals surface area contributed by atoms with Crippen LogP contribution in [0, 0.1) is 0 Å². The van der Waals surface area contributed by atoms with E-state index < -0.39 is 0 Å². The number of amides is 1. The van der Waals surface area contributed by atoms with Crippen molar-refractivity contribution in [2.75, 3.05) is 30.8 Å². The Bertz CT molecular complexity index is 404. The van der Waals surface area contributed by atoms with Crippen molar-refractivity contribution in [2.24, 2.45) is 0 Å². The Hall–Kier alpha value is -1.78. The third-order valence-electron chi connectivity index (χ3n) is 3.22. The number of nitrogen functional groups attached to an aromatic ring is 1. The smallest absolute Gasteiger partial charge is 0.244 e. The standard InChI is InChI=1S/C13H22N4O/c1-5-17(6-2)13(18)10(3)16(4)12-7-8-15-9-11(12)14/h7-10H,5-6,14H2,1-4H3. The van der Waals surface area contributed by atoms with E-state index in [1.165, 1.54) is 0 Å². The summed E-state index contributed by atoms with van der Waals surface area (Å²) in [7, 11) is 1.87. The molecule has 0 radical (unpaired) electrons. The molecule has 0 aromatic carbocycles. The molecule has 0 spiro atoms. The Morgan fingerprint density at radius 1 is 1.44 bits per heavy atom. The minimum absolute atomic E-state index is 0.110.